The van der Waals surface area contributed by atoms with E-state index >= 15 is 0 Å². The number of alkyl halides is 3. The number of halogens is 3. The fourth-order valence-electron chi connectivity index (χ4n) is 3.71. The Labute approximate surface area is 174 Å². The van der Waals surface area contributed by atoms with E-state index in [-0.39, 0.29) is 5.41 Å². The molecule has 4 nitrogen and oxygen atoms in total. The molecule has 0 unspecified atom stereocenters. The molecule has 3 aromatic rings. The average molecular weight is 414 g/mol. The van der Waals surface area contributed by atoms with Gasteiger partial charge in [-0.25, -0.2) is 9.97 Å². The van der Waals surface area contributed by atoms with Gasteiger partial charge in [0, 0.05) is 66.5 Å². The Morgan fingerprint density at radius 3 is 2.43 bits per heavy atom. The number of aromatic nitrogens is 3. The van der Waals surface area contributed by atoms with Crippen LogP contribution in [0.3, 0.4) is 0 Å². The lowest BCUT2D eigenvalue weighted by atomic mass is 9.95. The van der Waals surface area contributed by atoms with E-state index in [4.69, 9.17) is 4.98 Å². The molecule has 158 valence electrons. The summed E-state index contributed by atoms with van der Waals surface area (Å²) in [4.78, 5) is 11.6. The van der Waals surface area contributed by atoms with Crippen LogP contribution in [0.15, 0.2) is 48.8 Å². The molecule has 0 radical (unpaired) electrons. The molecule has 30 heavy (non-hydrogen) atoms. The van der Waals surface area contributed by atoms with E-state index in [1.165, 1.54) is 12.1 Å². The van der Waals surface area contributed by atoms with Gasteiger partial charge < -0.3 is 4.57 Å². The third-order valence-electron chi connectivity index (χ3n) is 5.38. The maximum atomic E-state index is 12.8. The highest BCUT2D eigenvalue weighted by atomic mass is 19.4. The van der Waals surface area contributed by atoms with Crippen molar-refractivity contribution in [2.75, 3.05) is 6.54 Å². The number of benzene rings is 1. The first kappa shape index (κ1) is 20.6. The van der Waals surface area contributed by atoms with Crippen LogP contribution in [0.4, 0.5) is 13.2 Å². The number of hydrogen-bond donors (Lipinski definition) is 0. The molecule has 0 N–H and O–H groups in total. The quantitative estimate of drug-likeness (QED) is 0.595. The minimum Gasteiger partial charge on any atom is -0.320 e. The summed E-state index contributed by atoms with van der Waals surface area (Å²) in [6, 6.07) is 9.20. The minimum absolute atomic E-state index is 0.0747. The fourth-order valence-corrected chi connectivity index (χ4v) is 3.71. The number of nitrogens with zero attached hydrogens (tertiary/aromatic N) is 4. The van der Waals surface area contributed by atoms with Gasteiger partial charge in [-0.1, -0.05) is 20.8 Å². The second-order valence-electron chi connectivity index (χ2n) is 8.79. The summed E-state index contributed by atoms with van der Waals surface area (Å²) >= 11 is 0. The molecule has 2 aromatic heterocycles. The highest BCUT2D eigenvalue weighted by Gasteiger charge is 2.30. The van der Waals surface area contributed by atoms with Crippen molar-refractivity contribution < 1.29 is 13.2 Å². The third-order valence-corrected chi connectivity index (χ3v) is 5.38. The third kappa shape index (κ3) is 4.26. The van der Waals surface area contributed by atoms with Crippen molar-refractivity contribution in [2.45, 2.75) is 51.9 Å². The molecule has 0 saturated heterocycles. The van der Waals surface area contributed by atoms with Crippen molar-refractivity contribution in [3.63, 3.8) is 0 Å². The van der Waals surface area contributed by atoms with Crippen molar-refractivity contribution in [3.8, 4) is 5.69 Å². The normalized spacial score (nSPS) is 15.3. The van der Waals surface area contributed by atoms with Gasteiger partial charge in [-0.3, -0.25) is 4.90 Å². The van der Waals surface area contributed by atoms with Crippen LogP contribution in [0.2, 0.25) is 0 Å². The Kier molecular flexibility index (Phi) is 5.18. The van der Waals surface area contributed by atoms with Crippen LogP contribution in [0.25, 0.3) is 5.69 Å². The molecule has 0 bridgehead atoms. The second-order valence-corrected chi connectivity index (χ2v) is 8.79. The number of rotatable bonds is 3. The molecule has 4 rings (SSSR count). The largest absolute Gasteiger partial charge is 0.416 e. The van der Waals surface area contributed by atoms with Crippen LogP contribution in [0.5, 0.6) is 0 Å². The summed E-state index contributed by atoms with van der Waals surface area (Å²) in [5.74, 6) is 0.867. The summed E-state index contributed by atoms with van der Waals surface area (Å²) in [7, 11) is 0. The van der Waals surface area contributed by atoms with Crippen molar-refractivity contribution in [1.82, 2.24) is 19.4 Å². The zero-order chi connectivity index (χ0) is 21.5. The highest BCUT2D eigenvalue weighted by molar-refractivity contribution is 5.38. The van der Waals surface area contributed by atoms with Crippen molar-refractivity contribution in [2.24, 2.45) is 0 Å². The van der Waals surface area contributed by atoms with Crippen LogP contribution in [0.1, 0.15) is 49.1 Å². The van der Waals surface area contributed by atoms with Gasteiger partial charge in [0.1, 0.15) is 5.82 Å². The van der Waals surface area contributed by atoms with Gasteiger partial charge >= 0.3 is 6.18 Å². The first-order chi connectivity index (χ1) is 14.1. The second kappa shape index (κ2) is 7.54. The smallest absolute Gasteiger partial charge is 0.320 e. The Morgan fingerprint density at radius 2 is 1.77 bits per heavy atom. The molecule has 1 aliphatic heterocycles. The molecule has 0 spiro atoms. The molecule has 0 amide bonds. The van der Waals surface area contributed by atoms with Gasteiger partial charge in [0.25, 0.3) is 0 Å². The van der Waals surface area contributed by atoms with Crippen LogP contribution >= 0.6 is 0 Å². The van der Waals surface area contributed by atoms with E-state index in [0.29, 0.717) is 6.54 Å². The standard InChI is InChI=1S/C23H25F3N4/c1-22(2,3)21-27-13-16-14-29(12-10-20(16)28-21)15-19-5-4-11-30(19)18-8-6-17(7-9-18)23(24,25)26/h4-9,11,13H,10,12,14-15H2,1-3H3. The molecule has 7 heteroatoms. The molecule has 3 heterocycles. The van der Waals surface area contributed by atoms with Gasteiger partial charge in [0.2, 0.25) is 0 Å². The Bertz CT molecular complexity index is 1030. The first-order valence-electron chi connectivity index (χ1n) is 10.0. The van der Waals surface area contributed by atoms with Crippen LogP contribution < -0.4 is 0 Å². The van der Waals surface area contributed by atoms with E-state index in [0.717, 1.165) is 60.1 Å². The predicted molar refractivity (Wildman–Crippen MR) is 109 cm³/mol. The van der Waals surface area contributed by atoms with Crippen molar-refractivity contribution in [3.05, 3.63) is 77.1 Å². The maximum Gasteiger partial charge on any atom is 0.416 e. The molecule has 0 saturated carbocycles. The Morgan fingerprint density at radius 1 is 1.03 bits per heavy atom. The fraction of sp³-hybridized carbons (Fsp3) is 0.391. The van der Waals surface area contributed by atoms with E-state index in [9.17, 15) is 13.2 Å². The average Bonchev–Trinajstić information content (AvgIpc) is 3.14. The first-order valence-corrected chi connectivity index (χ1v) is 10.0. The Hall–Kier alpha value is -2.67. The molecule has 1 aliphatic rings. The number of fused-ring (bicyclic) bond motifs is 1. The van der Waals surface area contributed by atoms with Gasteiger partial charge in [-0.15, -0.1) is 0 Å². The van der Waals surface area contributed by atoms with E-state index in [1.807, 2.05) is 29.1 Å². The summed E-state index contributed by atoms with van der Waals surface area (Å²) < 4.78 is 40.5. The molecule has 1 aromatic carbocycles. The zero-order valence-electron chi connectivity index (χ0n) is 17.4. The van der Waals surface area contributed by atoms with Gasteiger partial charge in [-0.05, 0) is 36.4 Å². The van der Waals surface area contributed by atoms with E-state index < -0.39 is 11.7 Å². The molecule has 0 fully saturated rings. The summed E-state index contributed by atoms with van der Waals surface area (Å²) in [6.07, 6.45) is 0.356. The van der Waals surface area contributed by atoms with Crippen molar-refractivity contribution >= 4 is 0 Å². The maximum absolute atomic E-state index is 12.8. The van der Waals surface area contributed by atoms with Gasteiger partial charge in [0.15, 0.2) is 0 Å². The lowest BCUT2D eigenvalue weighted by molar-refractivity contribution is -0.137. The number of hydrogen-bond acceptors (Lipinski definition) is 3. The molecular formula is C23H25F3N4. The lowest BCUT2D eigenvalue weighted by Gasteiger charge is -2.29. The summed E-state index contributed by atoms with van der Waals surface area (Å²) in [5.41, 5.74) is 3.30. The van der Waals surface area contributed by atoms with Gasteiger partial charge in [0.05, 0.1) is 5.56 Å². The summed E-state index contributed by atoms with van der Waals surface area (Å²) in [6.45, 7) is 8.68. The van der Waals surface area contributed by atoms with E-state index in [2.05, 4.69) is 30.7 Å². The van der Waals surface area contributed by atoms with Crippen LogP contribution in [0, 0.1) is 0 Å². The molecule has 0 atom stereocenters. The SMILES string of the molecule is CC(C)(C)c1ncc2c(n1)CCN(Cc1cccn1-c1ccc(C(F)(F)F)cc1)C2. The molecular weight excluding hydrogens is 389 g/mol. The summed E-state index contributed by atoms with van der Waals surface area (Å²) in [5, 5.41) is 0. The Balaban J connectivity index is 1.50. The minimum atomic E-state index is -4.33. The van der Waals surface area contributed by atoms with Crippen LogP contribution in [-0.2, 0) is 31.1 Å². The van der Waals surface area contributed by atoms with Crippen LogP contribution in [-0.4, -0.2) is 26.0 Å². The highest BCUT2D eigenvalue weighted by Crippen LogP contribution is 2.30. The zero-order valence-corrected chi connectivity index (χ0v) is 17.4. The molecule has 0 aliphatic carbocycles. The topological polar surface area (TPSA) is 34.0 Å². The van der Waals surface area contributed by atoms with Crippen molar-refractivity contribution in [1.29, 1.82) is 0 Å². The lowest BCUT2D eigenvalue weighted by Crippen LogP contribution is -2.32. The van der Waals surface area contributed by atoms with Gasteiger partial charge in [-0.2, -0.15) is 13.2 Å². The van der Waals surface area contributed by atoms with E-state index in [1.54, 1.807) is 0 Å². The monoisotopic (exact) mass is 414 g/mol. The predicted octanol–water partition coefficient (Wildman–Crippen LogP) is 5.14.